The summed E-state index contributed by atoms with van der Waals surface area (Å²) in [4.78, 5) is 22.3. The van der Waals surface area contributed by atoms with Gasteiger partial charge in [0.15, 0.2) is 0 Å². The van der Waals surface area contributed by atoms with Crippen LogP contribution in [-0.4, -0.2) is 28.8 Å². The molecule has 3 aromatic rings. The van der Waals surface area contributed by atoms with Crippen LogP contribution in [-0.2, 0) is 11.9 Å². The highest BCUT2D eigenvalue weighted by Crippen LogP contribution is 2.32. The number of rotatable bonds is 5. The van der Waals surface area contributed by atoms with E-state index in [4.69, 9.17) is 4.84 Å². The Morgan fingerprint density at radius 2 is 2.16 bits per heavy atom. The second-order valence-electron chi connectivity index (χ2n) is 5.26. The fourth-order valence-corrected chi connectivity index (χ4v) is 3.06. The van der Waals surface area contributed by atoms with Crippen LogP contribution >= 0.6 is 11.8 Å². The van der Waals surface area contributed by atoms with E-state index in [0.717, 1.165) is 4.90 Å². The Balaban J connectivity index is 2.13. The molecule has 0 fully saturated rings. The van der Waals surface area contributed by atoms with Gasteiger partial charge in [0, 0.05) is 23.5 Å². The Labute approximate surface area is 148 Å². The predicted octanol–water partition coefficient (Wildman–Crippen LogP) is 3.47. The molecular weight excluding hydrogens is 343 g/mol. The number of pyridine rings is 1. The van der Waals surface area contributed by atoms with Crippen LogP contribution in [0.3, 0.4) is 0 Å². The highest BCUT2D eigenvalue weighted by atomic mass is 32.2. The maximum Gasteiger partial charge on any atom is 0.279 e. The van der Waals surface area contributed by atoms with Gasteiger partial charge in [0.2, 0.25) is 0 Å². The second kappa shape index (κ2) is 7.12. The molecule has 1 aromatic carbocycles. The van der Waals surface area contributed by atoms with Gasteiger partial charge in [-0.15, -0.1) is 11.8 Å². The Morgan fingerprint density at radius 3 is 2.84 bits per heavy atom. The van der Waals surface area contributed by atoms with Crippen LogP contribution in [0.2, 0.25) is 0 Å². The highest BCUT2D eigenvalue weighted by Gasteiger charge is 2.22. The minimum absolute atomic E-state index is 0.273. The number of nitrogens with zero attached hydrogens (tertiary/aromatic N) is 2. The molecule has 0 atom stereocenters. The number of fused-ring (bicyclic) bond motifs is 1. The molecule has 130 valence electrons. The summed E-state index contributed by atoms with van der Waals surface area (Å²) in [5, 5.41) is 3.65. The van der Waals surface area contributed by atoms with Crippen molar-refractivity contribution in [2.24, 2.45) is 7.05 Å². The molecule has 2 heterocycles. The average Bonchev–Trinajstić information content (AvgIpc) is 2.89. The number of hydrogen-bond acceptors (Lipinski definition) is 5. The van der Waals surface area contributed by atoms with E-state index in [9.17, 15) is 9.18 Å². The topological polar surface area (TPSA) is 68.2 Å². The van der Waals surface area contributed by atoms with E-state index in [1.54, 1.807) is 36.0 Å². The third-order valence-electron chi connectivity index (χ3n) is 3.80. The molecule has 0 unspecified atom stereocenters. The zero-order chi connectivity index (χ0) is 18.0. The van der Waals surface area contributed by atoms with Crippen LogP contribution in [0.15, 0.2) is 41.4 Å². The van der Waals surface area contributed by atoms with Gasteiger partial charge in [0.25, 0.3) is 5.91 Å². The number of carbonyl (C=O) groups excluding carboxylic acids is 1. The number of hydroxylamine groups is 1. The largest absolute Gasteiger partial charge is 0.339 e. The van der Waals surface area contributed by atoms with Crippen molar-refractivity contribution >= 4 is 40.2 Å². The summed E-state index contributed by atoms with van der Waals surface area (Å²) < 4.78 is 16.1. The fraction of sp³-hybridized carbons (Fsp3) is 0.176. The van der Waals surface area contributed by atoms with Crippen LogP contribution in [0.25, 0.3) is 11.0 Å². The summed E-state index contributed by atoms with van der Waals surface area (Å²) in [7, 11) is 3.12. The number of nitrogens with one attached hydrogen (secondary N) is 2. The quantitative estimate of drug-likeness (QED) is 0.539. The molecule has 0 radical (unpaired) electrons. The predicted molar refractivity (Wildman–Crippen MR) is 96.7 cm³/mol. The van der Waals surface area contributed by atoms with Gasteiger partial charge < -0.3 is 9.88 Å². The van der Waals surface area contributed by atoms with Crippen molar-refractivity contribution in [3.63, 3.8) is 0 Å². The fourth-order valence-electron chi connectivity index (χ4n) is 2.63. The SMILES string of the molecule is CONC(=O)c1c(Nc2ccc(SC)cc2F)n(C)c2ncccc12. The maximum absolute atomic E-state index is 14.4. The second-order valence-corrected chi connectivity index (χ2v) is 6.14. The molecule has 0 spiro atoms. The van der Waals surface area contributed by atoms with Gasteiger partial charge in [-0.2, -0.15) is 0 Å². The minimum atomic E-state index is -0.440. The van der Waals surface area contributed by atoms with E-state index in [2.05, 4.69) is 15.8 Å². The van der Waals surface area contributed by atoms with E-state index >= 15 is 0 Å². The van der Waals surface area contributed by atoms with Gasteiger partial charge in [-0.25, -0.2) is 14.9 Å². The zero-order valence-corrected chi connectivity index (χ0v) is 14.8. The lowest BCUT2D eigenvalue weighted by Crippen LogP contribution is -2.22. The van der Waals surface area contributed by atoms with Gasteiger partial charge in [-0.1, -0.05) is 0 Å². The molecule has 0 bridgehead atoms. The smallest absolute Gasteiger partial charge is 0.279 e. The molecule has 1 amide bonds. The number of hydrogen-bond donors (Lipinski definition) is 2. The normalized spacial score (nSPS) is 10.9. The lowest BCUT2D eigenvalue weighted by atomic mass is 10.2. The molecule has 0 aliphatic rings. The van der Waals surface area contributed by atoms with Crippen molar-refractivity contribution in [2.75, 3.05) is 18.7 Å². The lowest BCUT2D eigenvalue weighted by Gasteiger charge is -2.12. The van der Waals surface area contributed by atoms with Gasteiger partial charge in [0.1, 0.15) is 17.3 Å². The third-order valence-corrected chi connectivity index (χ3v) is 4.52. The van der Waals surface area contributed by atoms with Crippen LogP contribution in [0.4, 0.5) is 15.9 Å². The van der Waals surface area contributed by atoms with Gasteiger partial charge >= 0.3 is 0 Å². The number of benzene rings is 1. The van der Waals surface area contributed by atoms with E-state index in [-0.39, 0.29) is 5.69 Å². The van der Waals surface area contributed by atoms with E-state index < -0.39 is 11.7 Å². The highest BCUT2D eigenvalue weighted by molar-refractivity contribution is 7.98. The molecular formula is C17H17FN4O2S. The standard InChI is InChI=1S/C17H17FN4O2S/c1-22-15-11(5-4-8-19-15)14(17(23)21-24-2)16(22)20-13-7-6-10(25-3)9-12(13)18/h4-9,20H,1-3H3,(H,21,23). The van der Waals surface area contributed by atoms with E-state index in [0.29, 0.717) is 22.4 Å². The summed E-state index contributed by atoms with van der Waals surface area (Å²) in [6.45, 7) is 0. The van der Waals surface area contributed by atoms with Crippen molar-refractivity contribution in [1.82, 2.24) is 15.0 Å². The van der Waals surface area contributed by atoms with Gasteiger partial charge in [-0.05, 0) is 36.6 Å². The number of amides is 1. The molecule has 0 aliphatic heterocycles. The Morgan fingerprint density at radius 1 is 1.36 bits per heavy atom. The number of aromatic nitrogens is 2. The Hall–Kier alpha value is -2.58. The Bertz CT molecular complexity index is 942. The Kier molecular flexibility index (Phi) is 4.91. The van der Waals surface area contributed by atoms with Crippen molar-refractivity contribution in [3.8, 4) is 0 Å². The maximum atomic E-state index is 14.4. The first-order chi connectivity index (χ1) is 12.1. The molecule has 3 rings (SSSR count). The first-order valence-corrected chi connectivity index (χ1v) is 8.66. The van der Waals surface area contributed by atoms with E-state index in [1.807, 2.05) is 12.3 Å². The summed E-state index contributed by atoms with van der Waals surface area (Å²) in [6.07, 6.45) is 3.52. The van der Waals surface area contributed by atoms with Crippen molar-refractivity contribution in [3.05, 3.63) is 47.9 Å². The molecule has 8 heteroatoms. The van der Waals surface area contributed by atoms with Crippen LogP contribution in [0, 0.1) is 5.82 Å². The lowest BCUT2D eigenvalue weighted by molar-refractivity contribution is 0.0540. The molecule has 2 N–H and O–H groups in total. The summed E-state index contributed by atoms with van der Waals surface area (Å²) in [5.74, 6) is -0.410. The molecule has 0 aliphatic carbocycles. The van der Waals surface area contributed by atoms with Crippen molar-refractivity contribution < 1.29 is 14.0 Å². The van der Waals surface area contributed by atoms with Crippen LogP contribution in [0.5, 0.6) is 0 Å². The van der Waals surface area contributed by atoms with Gasteiger partial charge in [0.05, 0.1) is 18.4 Å². The third kappa shape index (κ3) is 3.18. The monoisotopic (exact) mass is 360 g/mol. The van der Waals surface area contributed by atoms with Crippen LogP contribution in [0.1, 0.15) is 10.4 Å². The molecule has 25 heavy (non-hydrogen) atoms. The summed E-state index contributed by atoms with van der Waals surface area (Å²) >= 11 is 1.46. The van der Waals surface area contributed by atoms with Crippen molar-refractivity contribution in [2.45, 2.75) is 4.90 Å². The number of thioether (sulfide) groups is 1. The molecule has 6 nitrogen and oxygen atoms in total. The van der Waals surface area contributed by atoms with E-state index in [1.165, 1.54) is 24.9 Å². The molecule has 0 saturated carbocycles. The molecule has 0 saturated heterocycles. The summed E-state index contributed by atoms with van der Waals surface area (Å²) in [5.41, 5.74) is 3.52. The minimum Gasteiger partial charge on any atom is -0.339 e. The van der Waals surface area contributed by atoms with Crippen LogP contribution < -0.4 is 10.8 Å². The zero-order valence-electron chi connectivity index (χ0n) is 14.0. The first-order valence-electron chi connectivity index (χ1n) is 7.44. The first kappa shape index (κ1) is 17.2. The number of carbonyl (C=O) groups is 1. The average molecular weight is 360 g/mol. The molecule has 2 aromatic heterocycles. The summed E-state index contributed by atoms with van der Waals surface area (Å²) in [6, 6.07) is 8.42. The van der Waals surface area contributed by atoms with Crippen molar-refractivity contribution in [1.29, 1.82) is 0 Å². The number of halogens is 1. The number of anilines is 2. The van der Waals surface area contributed by atoms with Gasteiger partial charge in [-0.3, -0.25) is 9.63 Å². The number of aryl methyl sites for hydroxylation is 1.